The highest BCUT2D eigenvalue weighted by atomic mass is 16.1. The molecule has 0 atom stereocenters. The van der Waals surface area contributed by atoms with E-state index in [-0.39, 0.29) is 0 Å². The van der Waals surface area contributed by atoms with Crippen molar-refractivity contribution in [3.63, 3.8) is 0 Å². The zero-order valence-electron chi connectivity index (χ0n) is 11.6. The van der Waals surface area contributed by atoms with Crippen molar-refractivity contribution in [2.45, 2.75) is 19.8 Å². The molecule has 1 aromatic rings. The Morgan fingerprint density at radius 1 is 1.53 bits per heavy atom. The maximum atomic E-state index is 11.6. The Hall–Kier alpha value is -1.62. The molecule has 0 aliphatic carbocycles. The van der Waals surface area contributed by atoms with Gasteiger partial charge in [0.1, 0.15) is 5.82 Å². The molecule has 1 aliphatic heterocycles. The Bertz CT molecular complexity index is 455. The minimum atomic E-state index is -0.405. The number of hydrogen-bond acceptors (Lipinski definition) is 4. The number of anilines is 1. The van der Waals surface area contributed by atoms with Crippen LogP contribution in [0.15, 0.2) is 12.3 Å². The summed E-state index contributed by atoms with van der Waals surface area (Å²) in [5, 5.41) is 3.36. The third kappa shape index (κ3) is 3.23. The molecular weight excluding hydrogens is 240 g/mol. The van der Waals surface area contributed by atoms with E-state index >= 15 is 0 Å². The Morgan fingerprint density at radius 2 is 2.21 bits per heavy atom. The van der Waals surface area contributed by atoms with Gasteiger partial charge in [0.15, 0.2) is 0 Å². The van der Waals surface area contributed by atoms with Gasteiger partial charge in [-0.05, 0) is 50.4 Å². The number of carbonyl (C=O) groups excluding carboxylic acids is 1. The summed E-state index contributed by atoms with van der Waals surface area (Å²) in [5.41, 5.74) is 6.90. The fourth-order valence-corrected chi connectivity index (χ4v) is 2.68. The normalized spacial score (nSPS) is 16.3. The van der Waals surface area contributed by atoms with E-state index in [4.69, 9.17) is 5.73 Å². The van der Waals surface area contributed by atoms with Crippen LogP contribution in [-0.4, -0.2) is 37.6 Å². The van der Waals surface area contributed by atoms with E-state index in [1.54, 1.807) is 6.20 Å². The first kappa shape index (κ1) is 13.8. The second-order valence-electron chi connectivity index (χ2n) is 5.26. The monoisotopic (exact) mass is 262 g/mol. The van der Waals surface area contributed by atoms with Crippen LogP contribution in [-0.2, 0) is 0 Å². The summed E-state index contributed by atoms with van der Waals surface area (Å²) in [5.74, 6) is 0.943. The van der Waals surface area contributed by atoms with Crippen LogP contribution in [0.1, 0.15) is 28.8 Å². The molecule has 19 heavy (non-hydrogen) atoms. The summed E-state index contributed by atoms with van der Waals surface area (Å²) in [4.78, 5) is 18.0. The lowest BCUT2D eigenvalue weighted by atomic mass is 9.97. The summed E-state index contributed by atoms with van der Waals surface area (Å²) in [7, 11) is 1.98. The minimum absolute atomic E-state index is 0.405. The van der Waals surface area contributed by atoms with E-state index < -0.39 is 5.91 Å². The largest absolute Gasteiger partial charge is 0.365 e. The summed E-state index contributed by atoms with van der Waals surface area (Å²) in [6, 6.07) is 1.82. The van der Waals surface area contributed by atoms with Gasteiger partial charge in [-0.15, -0.1) is 0 Å². The number of hydrogen-bond donors (Lipinski definition) is 2. The summed E-state index contributed by atoms with van der Waals surface area (Å²) in [6.45, 7) is 4.95. The van der Waals surface area contributed by atoms with Gasteiger partial charge in [-0.3, -0.25) is 4.79 Å². The first-order valence-corrected chi connectivity index (χ1v) is 6.77. The second-order valence-corrected chi connectivity index (χ2v) is 5.26. The van der Waals surface area contributed by atoms with E-state index in [1.807, 2.05) is 20.0 Å². The van der Waals surface area contributed by atoms with Gasteiger partial charge in [-0.25, -0.2) is 4.98 Å². The van der Waals surface area contributed by atoms with Gasteiger partial charge < -0.3 is 16.0 Å². The third-order valence-electron chi connectivity index (χ3n) is 3.74. The number of amides is 1. The molecule has 1 aliphatic rings. The molecule has 5 heteroatoms. The molecule has 1 aromatic heterocycles. The average molecular weight is 262 g/mol. The average Bonchev–Trinajstić information content (AvgIpc) is 2.39. The highest BCUT2D eigenvalue weighted by Crippen LogP contribution is 2.22. The van der Waals surface area contributed by atoms with Crippen LogP contribution >= 0.6 is 0 Å². The molecule has 0 radical (unpaired) electrons. The lowest BCUT2D eigenvalue weighted by molar-refractivity contribution is 0.1000. The lowest BCUT2D eigenvalue weighted by Gasteiger charge is -2.29. The van der Waals surface area contributed by atoms with Crippen molar-refractivity contribution in [3.05, 3.63) is 23.4 Å². The summed E-state index contributed by atoms with van der Waals surface area (Å²) in [6.07, 6.45) is 4.07. The molecule has 0 saturated carbocycles. The molecule has 104 valence electrons. The van der Waals surface area contributed by atoms with Crippen LogP contribution in [0.3, 0.4) is 0 Å². The highest BCUT2D eigenvalue weighted by Gasteiger charge is 2.20. The Kier molecular flexibility index (Phi) is 4.37. The van der Waals surface area contributed by atoms with E-state index in [0.29, 0.717) is 17.3 Å². The SMILES string of the molecule is Cc1ccnc(N(C)CC2CCNCC2)c1C(N)=O. The van der Waals surface area contributed by atoms with E-state index in [0.717, 1.165) is 25.2 Å². The molecule has 1 amide bonds. The molecule has 3 N–H and O–H groups in total. The molecule has 0 spiro atoms. The van der Waals surface area contributed by atoms with Crippen LogP contribution in [0.5, 0.6) is 0 Å². The number of carbonyl (C=O) groups is 1. The van der Waals surface area contributed by atoms with E-state index in [1.165, 1.54) is 12.8 Å². The molecule has 0 bridgehead atoms. The topological polar surface area (TPSA) is 71.2 Å². The Morgan fingerprint density at radius 3 is 2.84 bits per heavy atom. The van der Waals surface area contributed by atoms with Crippen LogP contribution in [0.4, 0.5) is 5.82 Å². The standard InChI is InChI=1S/C14H22N4O/c1-10-3-8-17-14(12(10)13(15)19)18(2)9-11-4-6-16-7-5-11/h3,8,11,16H,4-7,9H2,1-2H3,(H2,15,19). The minimum Gasteiger partial charge on any atom is -0.365 e. The number of piperidine rings is 1. The van der Waals surface area contributed by atoms with Crippen LogP contribution in [0, 0.1) is 12.8 Å². The molecule has 2 rings (SSSR count). The van der Waals surface area contributed by atoms with E-state index in [2.05, 4.69) is 15.2 Å². The molecule has 1 fully saturated rings. The maximum Gasteiger partial charge on any atom is 0.252 e. The van der Waals surface area contributed by atoms with Crippen molar-refractivity contribution < 1.29 is 4.79 Å². The first-order chi connectivity index (χ1) is 9.09. The first-order valence-electron chi connectivity index (χ1n) is 6.77. The van der Waals surface area contributed by atoms with E-state index in [9.17, 15) is 4.79 Å². The van der Waals surface area contributed by atoms with Crippen LogP contribution in [0.25, 0.3) is 0 Å². The fourth-order valence-electron chi connectivity index (χ4n) is 2.68. The quantitative estimate of drug-likeness (QED) is 0.846. The van der Waals surface area contributed by atoms with Crippen molar-refractivity contribution in [1.29, 1.82) is 0 Å². The number of aromatic nitrogens is 1. The van der Waals surface area contributed by atoms with Gasteiger partial charge in [0.05, 0.1) is 5.56 Å². The predicted molar refractivity (Wildman–Crippen MR) is 76.4 cm³/mol. The highest BCUT2D eigenvalue weighted by molar-refractivity contribution is 5.99. The number of nitrogens with two attached hydrogens (primary N) is 1. The second kappa shape index (κ2) is 6.02. The number of primary amides is 1. The molecule has 1 saturated heterocycles. The van der Waals surface area contributed by atoms with Crippen molar-refractivity contribution in [1.82, 2.24) is 10.3 Å². The van der Waals surface area contributed by atoms with Gasteiger partial charge in [0.25, 0.3) is 5.91 Å². The zero-order valence-corrected chi connectivity index (χ0v) is 11.6. The molecule has 0 aromatic carbocycles. The maximum absolute atomic E-state index is 11.6. The molecule has 0 unspecified atom stereocenters. The Balaban J connectivity index is 2.16. The Labute approximate surface area is 114 Å². The fraction of sp³-hybridized carbons (Fsp3) is 0.571. The van der Waals surface area contributed by atoms with Crippen LogP contribution < -0.4 is 16.0 Å². The number of nitrogens with zero attached hydrogens (tertiary/aromatic N) is 2. The van der Waals surface area contributed by atoms with Gasteiger partial charge in [0.2, 0.25) is 0 Å². The van der Waals surface area contributed by atoms with Gasteiger partial charge in [-0.1, -0.05) is 0 Å². The van der Waals surface area contributed by atoms with Crippen LogP contribution in [0.2, 0.25) is 0 Å². The van der Waals surface area contributed by atoms with Gasteiger partial charge in [0, 0.05) is 19.8 Å². The lowest BCUT2D eigenvalue weighted by Crippen LogP contribution is -2.35. The number of aryl methyl sites for hydroxylation is 1. The molecule has 2 heterocycles. The zero-order chi connectivity index (χ0) is 13.8. The summed E-state index contributed by atoms with van der Waals surface area (Å²) >= 11 is 0. The van der Waals surface area contributed by atoms with Crippen molar-refractivity contribution in [2.24, 2.45) is 11.7 Å². The number of nitrogens with one attached hydrogen (secondary N) is 1. The predicted octanol–water partition coefficient (Wildman–Crippen LogP) is 0.925. The molecular formula is C14H22N4O. The number of pyridine rings is 1. The van der Waals surface area contributed by atoms with Crippen molar-refractivity contribution in [2.75, 3.05) is 31.6 Å². The number of rotatable bonds is 4. The summed E-state index contributed by atoms with van der Waals surface area (Å²) < 4.78 is 0. The van der Waals surface area contributed by atoms with Gasteiger partial charge >= 0.3 is 0 Å². The van der Waals surface area contributed by atoms with Crippen molar-refractivity contribution >= 4 is 11.7 Å². The molecule has 5 nitrogen and oxygen atoms in total. The smallest absolute Gasteiger partial charge is 0.252 e. The third-order valence-corrected chi connectivity index (χ3v) is 3.74. The van der Waals surface area contributed by atoms with Gasteiger partial charge in [-0.2, -0.15) is 0 Å². The van der Waals surface area contributed by atoms with Crippen molar-refractivity contribution in [3.8, 4) is 0 Å².